The summed E-state index contributed by atoms with van der Waals surface area (Å²) in [5, 5.41) is 13.3. The summed E-state index contributed by atoms with van der Waals surface area (Å²) < 4.78 is 14.0. The van der Waals surface area contributed by atoms with Gasteiger partial charge in [-0.25, -0.2) is 4.39 Å². The van der Waals surface area contributed by atoms with Crippen molar-refractivity contribution in [2.75, 3.05) is 4.90 Å². The number of hydrogen-bond acceptors (Lipinski definition) is 4. The number of halogens is 1. The molecule has 2 heterocycles. The van der Waals surface area contributed by atoms with Gasteiger partial charge >= 0.3 is 0 Å². The molecule has 6 heteroatoms. The van der Waals surface area contributed by atoms with Crippen LogP contribution in [0.3, 0.4) is 0 Å². The van der Waals surface area contributed by atoms with Crippen LogP contribution < -0.4 is 4.90 Å². The first-order chi connectivity index (χ1) is 15.5. The Morgan fingerprint density at radius 2 is 1.76 bits per heavy atom. The molecule has 1 fully saturated rings. The lowest BCUT2D eigenvalue weighted by Crippen LogP contribution is -2.29. The van der Waals surface area contributed by atoms with Crippen molar-refractivity contribution in [1.29, 1.82) is 0 Å². The van der Waals surface area contributed by atoms with Crippen molar-refractivity contribution in [2.45, 2.75) is 46.1 Å². The largest absolute Gasteiger partial charge is 0.507 e. The molecule has 0 aliphatic carbocycles. The van der Waals surface area contributed by atoms with Gasteiger partial charge in [0, 0.05) is 16.1 Å². The maximum atomic E-state index is 14.0. The van der Waals surface area contributed by atoms with E-state index in [-0.39, 0.29) is 22.4 Å². The van der Waals surface area contributed by atoms with Gasteiger partial charge in [0.05, 0.1) is 5.57 Å². The van der Waals surface area contributed by atoms with Crippen LogP contribution in [0.4, 0.5) is 10.1 Å². The van der Waals surface area contributed by atoms with Crippen molar-refractivity contribution in [2.24, 2.45) is 0 Å². The molecule has 4 nitrogen and oxygen atoms in total. The molecule has 1 amide bonds. The Kier molecular flexibility index (Phi) is 5.74. The standard InChI is InChI=1S/C27H26FNO3S/c1-15-9-10-17(27(3,4)5)13-20(15)23(30)21-22(25-16(2)11-12-33-25)29(26(32)24(21)31)19-8-6-7-18(28)14-19/h6-14,22,30H,1-5H3/b23-21+. The molecule has 2 aromatic carbocycles. The number of nitrogens with zero attached hydrogens (tertiary/aromatic N) is 1. The highest BCUT2D eigenvalue weighted by Crippen LogP contribution is 2.45. The van der Waals surface area contributed by atoms with Crippen molar-refractivity contribution >= 4 is 34.5 Å². The van der Waals surface area contributed by atoms with Crippen molar-refractivity contribution in [3.63, 3.8) is 0 Å². The number of thiophene rings is 1. The summed E-state index contributed by atoms with van der Waals surface area (Å²) in [5.41, 5.74) is 3.31. The molecule has 1 aromatic heterocycles. The van der Waals surface area contributed by atoms with Gasteiger partial charge in [-0.05, 0) is 71.7 Å². The Hall–Kier alpha value is -3.25. The molecule has 3 aromatic rings. The molecule has 1 unspecified atom stereocenters. The van der Waals surface area contributed by atoms with Crippen LogP contribution in [0, 0.1) is 19.7 Å². The molecule has 0 saturated carbocycles. The minimum atomic E-state index is -0.843. The number of hydrogen-bond donors (Lipinski definition) is 1. The van der Waals surface area contributed by atoms with Crippen LogP contribution in [0.15, 0.2) is 59.5 Å². The number of aliphatic hydroxyl groups is 1. The van der Waals surface area contributed by atoms with Crippen molar-refractivity contribution in [3.8, 4) is 0 Å². The van der Waals surface area contributed by atoms with Gasteiger partial charge < -0.3 is 5.11 Å². The number of benzene rings is 2. The van der Waals surface area contributed by atoms with E-state index >= 15 is 0 Å². The molecule has 0 spiro atoms. The molecule has 1 atom stereocenters. The smallest absolute Gasteiger partial charge is 0.300 e. The van der Waals surface area contributed by atoms with Gasteiger partial charge in [0.2, 0.25) is 0 Å². The zero-order chi connectivity index (χ0) is 24.1. The van der Waals surface area contributed by atoms with E-state index in [0.29, 0.717) is 5.56 Å². The van der Waals surface area contributed by atoms with Crippen LogP contribution in [0.1, 0.15) is 53.9 Å². The van der Waals surface area contributed by atoms with E-state index in [0.717, 1.165) is 21.6 Å². The highest BCUT2D eigenvalue weighted by Gasteiger charge is 2.48. The molecule has 33 heavy (non-hydrogen) atoms. The molecule has 0 radical (unpaired) electrons. The Balaban J connectivity index is 1.99. The second-order valence-corrected chi connectivity index (χ2v) is 10.3. The highest BCUT2D eigenvalue weighted by molar-refractivity contribution is 7.10. The molecule has 1 aliphatic heterocycles. The van der Waals surface area contributed by atoms with Crippen LogP contribution in [-0.2, 0) is 15.0 Å². The van der Waals surface area contributed by atoms with E-state index in [4.69, 9.17) is 0 Å². The summed E-state index contributed by atoms with van der Waals surface area (Å²) in [5.74, 6) is -2.29. The van der Waals surface area contributed by atoms with Gasteiger partial charge in [0.25, 0.3) is 11.7 Å². The first-order valence-corrected chi connectivity index (χ1v) is 11.6. The van der Waals surface area contributed by atoms with E-state index in [1.807, 2.05) is 43.5 Å². The predicted octanol–water partition coefficient (Wildman–Crippen LogP) is 6.43. The van der Waals surface area contributed by atoms with Gasteiger partial charge in [-0.3, -0.25) is 14.5 Å². The van der Waals surface area contributed by atoms with Gasteiger partial charge in [-0.15, -0.1) is 11.3 Å². The Bertz CT molecular complexity index is 1300. The highest BCUT2D eigenvalue weighted by atomic mass is 32.1. The summed E-state index contributed by atoms with van der Waals surface area (Å²) >= 11 is 1.40. The van der Waals surface area contributed by atoms with Crippen LogP contribution in [0.2, 0.25) is 0 Å². The summed E-state index contributed by atoms with van der Waals surface area (Å²) in [6, 6.07) is 12.4. The number of ketones is 1. The van der Waals surface area contributed by atoms with Crippen LogP contribution in [0.25, 0.3) is 5.76 Å². The minimum Gasteiger partial charge on any atom is -0.507 e. The number of aryl methyl sites for hydroxylation is 2. The molecular formula is C27H26FNO3S. The third-order valence-corrected chi connectivity index (χ3v) is 7.11. The molecule has 170 valence electrons. The van der Waals surface area contributed by atoms with Crippen LogP contribution in [0.5, 0.6) is 0 Å². The van der Waals surface area contributed by atoms with Gasteiger partial charge in [0.15, 0.2) is 0 Å². The monoisotopic (exact) mass is 463 g/mol. The topological polar surface area (TPSA) is 57.6 Å². The summed E-state index contributed by atoms with van der Waals surface area (Å²) in [6.45, 7) is 9.96. The average Bonchev–Trinajstić information content (AvgIpc) is 3.27. The Morgan fingerprint density at radius 3 is 2.36 bits per heavy atom. The molecule has 1 N–H and O–H groups in total. The number of carbonyl (C=O) groups is 2. The maximum Gasteiger partial charge on any atom is 0.300 e. The zero-order valence-corrected chi connectivity index (χ0v) is 20.1. The maximum absolute atomic E-state index is 14.0. The predicted molar refractivity (Wildman–Crippen MR) is 130 cm³/mol. The fraction of sp³-hybridized carbons (Fsp3) is 0.259. The molecule has 1 aliphatic rings. The van der Waals surface area contributed by atoms with Crippen LogP contribution >= 0.6 is 11.3 Å². The van der Waals surface area contributed by atoms with Gasteiger partial charge in [0.1, 0.15) is 17.6 Å². The zero-order valence-electron chi connectivity index (χ0n) is 19.3. The number of anilines is 1. The summed E-state index contributed by atoms with van der Waals surface area (Å²) in [4.78, 5) is 28.5. The van der Waals surface area contributed by atoms with Crippen molar-refractivity contribution < 1.29 is 19.1 Å². The van der Waals surface area contributed by atoms with E-state index in [2.05, 4.69) is 20.8 Å². The number of rotatable bonds is 3. The van der Waals surface area contributed by atoms with Crippen LogP contribution in [-0.4, -0.2) is 16.8 Å². The quantitative estimate of drug-likeness (QED) is 0.277. The Morgan fingerprint density at radius 1 is 1.03 bits per heavy atom. The normalized spacial score (nSPS) is 18.2. The Labute approximate surface area is 197 Å². The number of amides is 1. The average molecular weight is 464 g/mol. The summed E-state index contributed by atoms with van der Waals surface area (Å²) in [7, 11) is 0. The fourth-order valence-corrected chi connectivity index (χ4v) is 5.15. The van der Waals surface area contributed by atoms with E-state index in [9.17, 15) is 19.1 Å². The first-order valence-electron chi connectivity index (χ1n) is 10.7. The van der Waals surface area contributed by atoms with Gasteiger partial charge in [-0.1, -0.05) is 39.0 Å². The third-order valence-electron chi connectivity index (χ3n) is 6.04. The fourth-order valence-electron chi connectivity index (χ4n) is 4.13. The lowest BCUT2D eigenvalue weighted by atomic mass is 9.84. The second-order valence-electron chi connectivity index (χ2n) is 9.40. The number of carbonyl (C=O) groups excluding carboxylic acids is 2. The molecule has 1 saturated heterocycles. The van der Waals surface area contributed by atoms with E-state index in [1.165, 1.54) is 34.4 Å². The molecular weight excluding hydrogens is 437 g/mol. The van der Waals surface area contributed by atoms with E-state index < -0.39 is 23.5 Å². The lowest BCUT2D eigenvalue weighted by molar-refractivity contribution is -0.132. The van der Waals surface area contributed by atoms with Crippen molar-refractivity contribution in [1.82, 2.24) is 0 Å². The second kappa shape index (κ2) is 8.27. The number of Topliss-reactive ketones (excluding diaryl/α,β-unsaturated/α-hetero) is 1. The third kappa shape index (κ3) is 4.00. The lowest BCUT2D eigenvalue weighted by Gasteiger charge is -2.25. The minimum absolute atomic E-state index is 0.0176. The number of aliphatic hydroxyl groups excluding tert-OH is 1. The first kappa shape index (κ1) is 22.9. The molecule has 4 rings (SSSR count). The summed E-state index contributed by atoms with van der Waals surface area (Å²) in [6.07, 6.45) is 0. The van der Waals surface area contributed by atoms with Gasteiger partial charge in [-0.2, -0.15) is 0 Å². The van der Waals surface area contributed by atoms with E-state index in [1.54, 1.807) is 6.07 Å². The van der Waals surface area contributed by atoms with Crippen molar-refractivity contribution in [3.05, 3.63) is 92.4 Å². The SMILES string of the molecule is Cc1ccc(C(C)(C)C)cc1/C(O)=C1\C(=O)C(=O)N(c2cccc(F)c2)C1c1sccc1C. The molecule has 0 bridgehead atoms.